The molecular formula is C12H10N4O6. The standard InChI is InChI=1S/C12H10N4O6/c17-10(14-15-12(18)9-4-2-6-21-9)7-22-8-3-1-5-13-11(8)16(19)20/h1-6H,7H2,(H,14,17)(H,15,18). The lowest BCUT2D eigenvalue weighted by Crippen LogP contribution is -2.43. The molecule has 0 saturated heterocycles. The molecule has 2 aromatic rings. The van der Waals surface area contributed by atoms with E-state index in [1.807, 2.05) is 0 Å². The van der Waals surface area contributed by atoms with Crippen LogP contribution in [0.25, 0.3) is 0 Å². The van der Waals surface area contributed by atoms with E-state index in [4.69, 9.17) is 9.15 Å². The summed E-state index contributed by atoms with van der Waals surface area (Å²) in [6.07, 6.45) is 2.54. The van der Waals surface area contributed by atoms with Gasteiger partial charge in [-0.05, 0) is 34.2 Å². The zero-order valence-electron chi connectivity index (χ0n) is 11.0. The van der Waals surface area contributed by atoms with Gasteiger partial charge < -0.3 is 19.3 Å². The molecule has 2 rings (SSSR count). The number of carbonyl (C=O) groups is 2. The lowest BCUT2D eigenvalue weighted by Gasteiger charge is -2.07. The van der Waals surface area contributed by atoms with E-state index in [0.29, 0.717) is 0 Å². The van der Waals surface area contributed by atoms with Gasteiger partial charge in [-0.25, -0.2) is 0 Å². The first-order valence-corrected chi connectivity index (χ1v) is 5.93. The molecule has 0 fully saturated rings. The van der Waals surface area contributed by atoms with Gasteiger partial charge in [0.2, 0.25) is 5.75 Å². The van der Waals surface area contributed by atoms with Gasteiger partial charge in [0.25, 0.3) is 5.91 Å². The monoisotopic (exact) mass is 306 g/mol. The van der Waals surface area contributed by atoms with Crippen LogP contribution in [-0.2, 0) is 4.79 Å². The first-order chi connectivity index (χ1) is 10.6. The molecule has 0 aromatic carbocycles. The Kier molecular flexibility index (Phi) is 4.65. The van der Waals surface area contributed by atoms with Crippen LogP contribution in [0.2, 0.25) is 0 Å². The van der Waals surface area contributed by atoms with Gasteiger partial charge in [0.1, 0.15) is 6.20 Å². The van der Waals surface area contributed by atoms with Crippen molar-refractivity contribution in [1.82, 2.24) is 15.8 Å². The first-order valence-electron chi connectivity index (χ1n) is 5.93. The zero-order valence-corrected chi connectivity index (χ0v) is 11.0. The molecule has 114 valence electrons. The smallest absolute Gasteiger partial charge is 0.406 e. The van der Waals surface area contributed by atoms with Crippen molar-refractivity contribution in [1.29, 1.82) is 0 Å². The van der Waals surface area contributed by atoms with Gasteiger partial charge in [-0.1, -0.05) is 0 Å². The quantitative estimate of drug-likeness (QED) is 0.603. The Morgan fingerprint density at radius 3 is 2.82 bits per heavy atom. The molecular weight excluding hydrogens is 296 g/mol. The molecule has 10 heteroatoms. The van der Waals surface area contributed by atoms with E-state index < -0.39 is 29.2 Å². The third-order valence-electron chi connectivity index (χ3n) is 2.34. The lowest BCUT2D eigenvalue weighted by molar-refractivity contribution is -0.390. The van der Waals surface area contributed by atoms with Crippen molar-refractivity contribution in [3.63, 3.8) is 0 Å². The predicted molar refractivity (Wildman–Crippen MR) is 70.7 cm³/mol. The van der Waals surface area contributed by atoms with Crippen LogP contribution in [-0.4, -0.2) is 28.3 Å². The molecule has 0 aliphatic carbocycles. The molecule has 2 amide bonds. The maximum Gasteiger partial charge on any atom is 0.406 e. The van der Waals surface area contributed by atoms with Crippen LogP contribution >= 0.6 is 0 Å². The summed E-state index contributed by atoms with van der Waals surface area (Å²) in [5.74, 6) is -2.00. The summed E-state index contributed by atoms with van der Waals surface area (Å²) in [7, 11) is 0. The van der Waals surface area contributed by atoms with Crippen molar-refractivity contribution in [2.75, 3.05) is 6.61 Å². The second-order valence-electron chi connectivity index (χ2n) is 3.85. The molecule has 2 N–H and O–H groups in total. The highest BCUT2D eigenvalue weighted by atomic mass is 16.6. The fourth-order valence-electron chi connectivity index (χ4n) is 1.41. The number of pyridine rings is 1. The summed E-state index contributed by atoms with van der Waals surface area (Å²) in [6, 6.07) is 5.66. The second kappa shape index (κ2) is 6.83. The Hall–Kier alpha value is -3.43. The fourth-order valence-corrected chi connectivity index (χ4v) is 1.41. The van der Waals surface area contributed by atoms with Crippen molar-refractivity contribution in [2.24, 2.45) is 0 Å². The van der Waals surface area contributed by atoms with E-state index >= 15 is 0 Å². The number of hydrazine groups is 1. The summed E-state index contributed by atoms with van der Waals surface area (Å²) in [4.78, 5) is 36.5. The van der Waals surface area contributed by atoms with E-state index in [1.165, 1.54) is 36.7 Å². The number of nitro groups is 1. The van der Waals surface area contributed by atoms with E-state index in [-0.39, 0.29) is 11.5 Å². The number of furan rings is 1. The molecule has 0 spiro atoms. The van der Waals surface area contributed by atoms with Crippen molar-refractivity contribution in [3.8, 4) is 5.75 Å². The van der Waals surface area contributed by atoms with Crippen LogP contribution in [0.15, 0.2) is 41.1 Å². The molecule has 22 heavy (non-hydrogen) atoms. The van der Waals surface area contributed by atoms with E-state index in [2.05, 4.69) is 15.8 Å². The van der Waals surface area contributed by atoms with E-state index in [0.717, 1.165) is 0 Å². The highest BCUT2D eigenvalue weighted by Gasteiger charge is 2.17. The summed E-state index contributed by atoms with van der Waals surface area (Å²) >= 11 is 0. The third kappa shape index (κ3) is 3.79. The van der Waals surface area contributed by atoms with Crippen molar-refractivity contribution in [3.05, 3.63) is 52.6 Å². The van der Waals surface area contributed by atoms with Crippen LogP contribution in [0.1, 0.15) is 10.6 Å². The van der Waals surface area contributed by atoms with Crippen LogP contribution in [0.5, 0.6) is 5.75 Å². The lowest BCUT2D eigenvalue weighted by atomic mass is 10.4. The molecule has 0 unspecified atom stereocenters. The molecule has 0 atom stereocenters. The molecule has 0 aliphatic heterocycles. The Morgan fingerprint density at radius 2 is 2.14 bits per heavy atom. The topological polar surface area (TPSA) is 137 Å². The average Bonchev–Trinajstić information content (AvgIpc) is 3.05. The number of carbonyl (C=O) groups excluding carboxylic acids is 2. The van der Waals surface area contributed by atoms with Crippen molar-refractivity contribution in [2.45, 2.75) is 0 Å². The highest BCUT2D eigenvalue weighted by Crippen LogP contribution is 2.22. The minimum atomic E-state index is -0.730. The Labute approximate surface area is 123 Å². The molecule has 0 aliphatic rings. The SMILES string of the molecule is O=C(COc1cccnc1[N+](=O)[O-])NNC(=O)c1ccco1. The van der Waals surface area contributed by atoms with Gasteiger partial charge in [0, 0.05) is 0 Å². The number of hydrogen-bond donors (Lipinski definition) is 2. The van der Waals surface area contributed by atoms with Crippen molar-refractivity contribution >= 4 is 17.6 Å². The molecule has 2 heterocycles. The van der Waals surface area contributed by atoms with Crippen LogP contribution in [0.4, 0.5) is 5.82 Å². The Bertz CT molecular complexity index is 685. The highest BCUT2D eigenvalue weighted by molar-refractivity contribution is 5.92. The fraction of sp³-hybridized carbons (Fsp3) is 0.0833. The average molecular weight is 306 g/mol. The predicted octanol–water partition coefficient (Wildman–Crippen LogP) is 0.423. The number of nitrogens with one attached hydrogen (secondary N) is 2. The maximum atomic E-state index is 11.5. The Balaban J connectivity index is 1.83. The van der Waals surface area contributed by atoms with Gasteiger partial charge in [0.15, 0.2) is 12.4 Å². The number of ether oxygens (including phenoxy) is 1. The second-order valence-corrected chi connectivity index (χ2v) is 3.85. The summed E-state index contributed by atoms with van der Waals surface area (Å²) in [5.41, 5.74) is 4.17. The van der Waals surface area contributed by atoms with E-state index in [9.17, 15) is 19.7 Å². The summed E-state index contributed by atoms with van der Waals surface area (Å²) in [5, 5.41) is 10.7. The summed E-state index contributed by atoms with van der Waals surface area (Å²) in [6.45, 7) is -0.537. The molecule has 0 bridgehead atoms. The number of amides is 2. The molecule has 0 saturated carbocycles. The van der Waals surface area contributed by atoms with Crippen LogP contribution < -0.4 is 15.6 Å². The van der Waals surface area contributed by atoms with Gasteiger partial charge in [-0.2, -0.15) is 0 Å². The van der Waals surface area contributed by atoms with Gasteiger partial charge in [-0.15, -0.1) is 0 Å². The molecule has 10 nitrogen and oxygen atoms in total. The van der Waals surface area contributed by atoms with Gasteiger partial charge in [0.05, 0.1) is 6.26 Å². The minimum Gasteiger partial charge on any atom is -0.476 e. The largest absolute Gasteiger partial charge is 0.476 e. The number of aromatic nitrogens is 1. The van der Waals surface area contributed by atoms with Gasteiger partial charge >= 0.3 is 11.7 Å². The Morgan fingerprint density at radius 1 is 1.32 bits per heavy atom. The molecule has 2 aromatic heterocycles. The minimum absolute atomic E-state index is 0.0177. The number of hydrogen-bond acceptors (Lipinski definition) is 7. The summed E-state index contributed by atoms with van der Waals surface area (Å²) < 4.78 is 9.81. The maximum absolute atomic E-state index is 11.5. The first kappa shape index (κ1) is 15.0. The third-order valence-corrected chi connectivity index (χ3v) is 2.34. The van der Waals surface area contributed by atoms with Crippen LogP contribution in [0.3, 0.4) is 0 Å². The van der Waals surface area contributed by atoms with E-state index in [1.54, 1.807) is 0 Å². The number of nitrogens with zero attached hydrogens (tertiary/aromatic N) is 2. The number of rotatable bonds is 5. The molecule has 0 radical (unpaired) electrons. The van der Waals surface area contributed by atoms with Crippen LogP contribution in [0, 0.1) is 10.1 Å². The zero-order chi connectivity index (χ0) is 15.9. The van der Waals surface area contributed by atoms with Crippen molar-refractivity contribution < 1.29 is 23.7 Å². The van der Waals surface area contributed by atoms with Gasteiger partial charge in [-0.3, -0.25) is 20.4 Å². The normalized spacial score (nSPS) is 9.82.